The Morgan fingerprint density at radius 2 is 1.95 bits per heavy atom. The standard InChI is InChI=1S/C18H23N3O/c1-13-10-21(12-17(13)19)11-16-9-15(3-4-18(16)22-2)14-5-7-20-8-6-14/h3-9,13,17H,10-12,19H2,1-2H3. The van der Waals surface area contributed by atoms with Crippen LogP contribution in [0.4, 0.5) is 0 Å². The Morgan fingerprint density at radius 3 is 2.59 bits per heavy atom. The van der Waals surface area contributed by atoms with Crippen molar-refractivity contribution < 1.29 is 4.74 Å². The average molecular weight is 297 g/mol. The van der Waals surface area contributed by atoms with E-state index in [1.54, 1.807) is 7.11 Å². The molecule has 2 atom stereocenters. The van der Waals surface area contributed by atoms with Gasteiger partial charge < -0.3 is 10.5 Å². The quantitative estimate of drug-likeness (QED) is 0.942. The van der Waals surface area contributed by atoms with Crippen molar-refractivity contribution in [3.8, 4) is 16.9 Å². The highest BCUT2D eigenvalue weighted by Crippen LogP contribution is 2.28. The first-order valence-electron chi connectivity index (χ1n) is 7.72. The average Bonchev–Trinajstić information content (AvgIpc) is 2.86. The predicted octanol–water partition coefficient (Wildman–Crippen LogP) is 2.54. The number of ether oxygens (including phenoxy) is 1. The molecule has 4 heteroatoms. The third kappa shape index (κ3) is 3.13. The molecular weight excluding hydrogens is 274 g/mol. The molecule has 0 amide bonds. The summed E-state index contributed by atoms with van der Waals surface area (Å²) in [5.41, 5.74) is 9.70. The zero-order valence-electron chi connectivity index (χ0n) is 13.2. The van der Waals surface area contributed by atoms with Crippen molar-refractivity contribution in [1.29, 1.82) is 0 Å². The molecule has 1 aliphatic heterocycles. The number of aromatic nitrogens is 1. The third-order valence-corrected chi connectivity index (χ3v) is 4.43. The van der Waals surface area contributed by atoms with Crippen LogP contribution in [-0.2, 0) is 6.54 Å². The van der Waals surface area contributed by atoms with E-state index in [1.165, 1.54) is 16.7 Å². The van der Waals surface area contributed by atoms with Crippen LogP contribution in [0, 0.1) is 5.92 Å². The number of methoxy groups -OCH3 is 1. The molecule has 116 valence electrons. The van der Waals surface area contributed by atoms with Crippen LogP contribution in [0.15, 0.2) is 42.7 Å². The molecular formula is C18H23N3O. The van der Waals surface area contributed by atoms with Crippen molar-refractivity contribution in [2.24, 2.45) is 11.7 Å². The van der Waals surface area contributed by atoms with Gasteiger partial charge >= 0.3 is 0 Å². The second-order valence-corrected chi connectivity index (χ2v) is 6.10. The first-order valence-corrected chi connectivity index (χ1v) is 7.72. The second-order valence-electron chi connectivity index (χ2n) is 6.10. The zero-order valence-corrected chi connectivity index (χ0v) is 13.2. The SMILES string of the molecule is COc1ccc(-c2ccncc2)cc1CN1CC(C)C(N)C1. The first kappa shape index (κ1) is 15.0. The molecule has 1 aromatic carbocycles. The van der Waals surface area contributed by atoms with Crippen LogP contribution < -0.4 is 10.5 Å². The molecule has 2 unspecified atom stereocenters. The molecule has 1 saturated heterocycles. The van der Waals surface area contributed by atoms with Crippen LogP contribution >= 0.6 is 0 Å². The first-order chi connectivity index (χ1) is 10.7. The minimum absolute atomic E-state index is 0.273. The Labute approximate surface area is 131 Å². The summed E-state index contributed by atoms with van der Waals surface area (Å²) in [4.78, 5) is 6.49. The molecule has 1 aliphatic rings. The number of nitrogens with zero attached hydrogens (tertiary/aromatic N) is 2. The minimum Gasteiger partial charge on any atom is -0.496 e. The van der Waals surface area contributed by atoms with Crippen LogP contribution in [0.5, 0.6) is 5.75 Å². The fraction of sp³-hybridized carbons (Fsp3) is 0.389. The maximum atomic E-state index is 6.13. The van der Waals surface area contributed by atoms with Gasteiger partial charge in [0.25, 0.3) is 0 Å². The molecule has 3 rings (SSSR count). The zero-order chi connectivity index (χ0) is 15.5. The van der Waals surface area contributed by atoms with Gasteiger partial charge in [-0.1, -0.05) is 13.0 Å². The van der Waals surface area contributed by atoms with E-state index in [2.05, 4.69) is 28.9 Å². The van der Waals surface area contributed by atoms with Crippen LogP contribution in [-0.4, -0.2) is 36.1 Å². The van der Waals surface area contributed by atoms with Gasteiger partial charge in [-0.2, -0.15) is 0 Å². The summed E-state index contributed by atoms with van der Waals surface area (Å²) in [6.07, 6.45) is 3.64. The van der Waals surface area contributed by atoms with Crippen molar-refractivity contribution in [2.45, 2.75) is 19.5 Å². The van der Waals surface area contributed by atoms with E-state index >= 15 is 0 Å². The molecule has 0 spiro atoms. The molecule has 2 N–H and O–H groups in total. The van der Waals surface area contributed by atoms with E-state index in [4.69, 9.17) is 10.5 Å². The van der Waals surface area contributed by atoms with Crippen molar-refractivity contribution >= 4 is 0 Å². The van der Waals surface area contributed by atoms with Crippen LogP contribution in [0.2, 0.25) is 0 Å². The molecule has 0 saturated carbocycles. The number of hydrogen-bond donors (Lipinski definition) is 1. The summed E-state index contributed by atoms with van der Waals surface area (Å²) in [6.45, 7) is 5.09. The van der Waals surface area contributed by atoms with Gasteiger partial charge in [0.15, 0.2) is 0 Å². The van der Waals surface area contributed by atoms with Gasteiger partial charge in [0.1, 0.15) is 5.75 Å². The third-order valence-electron chi connectivity index (χ3n) is 4.43. The number of benzene rings is 1. The van der Waals surface area contributed by atoms with Crippen molar-refractivity contribution in [3.05, 3.63) is 48.3 Å². The van der Waals surface area contributed by atoms with Gasteiger partial charge in [-0.25, -0.2) is 0 Å². The number of hydrogen-bond acceptors (Lipinski definition) is 4. The number of rotatable bonds is 4. The van der Waals surface area contributed by atoms with Gasteiger partial charge in [-0.3, -0.25) is 9.88 Å². The smallest absolute Gasteiger partial charge is 0.123 e. The fourth-order valence-electron chi connectivity index (χ4n) is 3.09. The largest absolute Gasteiger partial charge is 0.496 e. The summed E-state index contributed by atoms with van der Waals surface area (Å²) in [7, 11) is 1.73. The Balaban J connectivity index is 1.86. The van der Waals surface area contributed by atoms with E-state index in [9.17, 15) is 0 Å². The van der Waals surface area contributed by atoms with Gasteiger partial charge in [0, 0.05) is 43.6 Å². The molecule has 2 heterocycles. The molecule has 2 aromatic rings. The molecule has 0 radical (unpaired) electrons. The lowest BCUT2D eigenvalue weighted by molar-refractivity contribution is 0.310. The van der Waals surface area contributed by atoms with Crippen LogP contribution in [0.3, 0.4) is 0 Å². The Morgan fingerprint density at radius 1 is 1.18 bits per heavy atom. The summed E-state index contributed by atoms with van der Waals surface area (Å²) in [5.74, 6) is 1.49. The van der Waals surface area contributed by atoms with E-state index in [0.717, 1.165) is 25.4 Å². The van der Waals surface area contributed by atoms with Crippen molar-refractivity contribution in [1.82, 2.24) is 9.88 Å². The molecule has 1 aromatic heterocycles. The maximum Gasteiger partial charge on any atom is 0.123 e. The Bertz CT molecular complexity index is 619. The lowest BCUT2D eigenvalue weighted by Gasteiger charge is -2.18. The number of nitrogens with two attached hydrogens (primary N) is 1. The number of likely N-dealkylation sites (tertiary alicyclic amines) is 1. The van der Waals surface area contributed by atoms with Gasteiger partial charge in [0.2, 0.25) is 0 Å². The lowest BCUT2D eigenvalue weighted by Crippen LogP contribution is -2.28. The summed E-state index contributed by atoms with van der Waals surface area (Å²) in [6, 6.07) is 10.7. The van der Waals surface area contributed by atoms with E-state index in [1.807, 2.05) is 30.6 Å². The monoisotopic (exact) mass is 297 g/mol. The molecule has 22 heavy (non-hydrogen) atoms. The molecule has 0 aliphatic carbocycles. The topological polar surface area (TPSA) is 51.4 Å². The van der Waals surface area contributed by atoms with E-state index < -0.39 is 0 Å². The summed E-state index contributed by atoms with van der Waals surface area (Å²) in [5, 5.41) is 0. The van der Waals surface area contributed by atoms with Crippen LogP contribution in [0.1, 0.15) is 12.5 Å². The van der Waals surface area contributed by atoms with Gasteiger partial charge in [-0.05, 0) is 41.3 Å². The highest BCUT2D eigenvalue weighted by Gasteiger charge is 2.27. The molecule has 0 bridgehead atoms. The van der Waals surface area contributed by atoms with Crippen molar-refractivity contribution in [3.63, 3.8) is 0 Å². The summed E-state index contributed by atoms with van der Waals surface area (Å²) >= 11 is 0. The van der Waals surface area contributed by atoms with Crippen molar-refractivity contribution in [2.75, 3.05) is 20.2 Å². The second kappa shape index (κ2) is 6.46. The van der Waals surface area contributed by atoms with Gasteiger partial charge in [-0.15, -0.1) is 0 Å². The highest BCUT2D eigenvalue weighted by molar-refractivity contribution is 5.65. The van der Waals surface area contributed by atoms with Gasteiger partial charge in [0.05, 0.1) is 7.11 Å². The van der Waals surface area contributed by atoms with E-state index in [-0.39, 0.29) is 6.04 Å². The Hall–Kier alpha value is -1.91. The lowest BCUT2D eigenvalue weighted by atomic mass is 10.0. The highest BCUT2D eigenvalue weighted by atomic mass is 16.5. The van der Waals surface area contributed by atoms with Crippen LogP contribution in [0.25, 0.3) is 11.1 Å². The number of pyridine rings is 1. The minimum atomic E-state index is 0.273. The predicted molar refractivity (Wildman–Crippen MR) is 88.6 cm³/mol. The summed E-state index contributed by atoms with van der Waals surface area (Å²) < 4.78 is 5.53. The Kier molecular flexibility index (Phi) is 4.41. The fourth-order valence-corrected chi connectivity index (χ4v) is 3.09. The molecule has 1 fully saturated rings. The maximum absolute atomic E-state index is 6.13. The normalized spacial score (nSPS) is 22.0. The molecule has 4 nitrogen and oxygen atoms in total. The van der Waals surface area contributed by atoms with E-state index in [0.29, 0.717) is 5.92 Å².